The van der Waals surface area contributed by atoms with Crippen LogP contribution in [-0.4, -0.2) is 20.4 Å². The third-order valence-corrected chi connectivity index (χ3v) is 4.80. The number of hydrogen-bond acceptors (Lipinski definition) is 5. The summed E-state index contributed by atoms with van der Waals surface area (Å²) < 4.78 is 1.94. The zero-order valence-corrected chi connectivity index (χ0v) is 14.6. The number of carbonyl (C=O) groups excluding carboxylic acids is 1. The van der Waals surface area contributed by atoms with Crippen LogP contribution in [0.15, 0.2) is 71.4 Å². The number of nitrogen functional groups attached to an aromatic ring is 1. The normalized spacial score (nSPS) is 11.8. The Hall–Kier alpha value is -3.32. The summed E-state index contributed by atoms with van der Waals surface area (Å²) in [6.45, 7) is 0.618. The quantitative estimate of drug-likeness (QED) is 0.608. The smallest absolute Gasteiger partial charge is 0.302 e. The van der Waals surface area contributed by atoms with Gasteiger partial charge in [-0.1, -0.05) is 42.5 Å². The van der Waals surface area contributed by atoms with Crippen molar-refractivity contribution in [2.75, 3.05) is 5.73 Å². The molecule has 128 valence electrons. The summed E-state index contributed by atoms with van der Waals surface area (Å²) in [6, 6.07) is 14.4. The standard InChI is InChI=1S/C19H15N5OS/c20-17-16(21-8-9-22-17)18(25)23-19-24(10-11-26-19)12-14-6-3-5-13-4-1-2-7-15(13)14/h1-11H,12H2,(H2,20,22). The first kappa shape index (κ1) is 16.2. The second-order valence-corrected chi connectivity index (χ2v) is 6.53. The van der Waals surface area contributed by atoms with Crippen molar-refractivity contribution in [1.29, 1.82) is 0 Å². The van der Waals surface area contributed by atoms with Crippen molar-refractivity contribution in [2.45, 2.75) is 6.54 Å². The van der Waals surface area contributed by atoms with Gasteiger partial charge in [-0.25, -0.2) is 9.97 Å². The minimum atomic E-state index is -0.496. The van der Waals surface area contributed by atoms with Crippen LogP contribution in [0.2, 0.25) is 0 Å². The minimum Gasteiger partial charge on any atom is -0.382 e. The van der Waals surface area contributed by atoms with Crippen LogP contribution in [0.25, 0.3) is 10.8 Å². The van der Waals surface area contributed by atoms with Crippen molar-refractivity contribution in [1.82, 2.24) is 14.5 Å². The third-order valence-electron chi connectivity index (χ3n) is 4.01. The SMILES string of the molecule is Nc1nccnc1C(=O)N=c1sccn1Cc1cccc2ccccc12. The first-order valence-corrected chi connectivity index (χ1v) is 8.86. The number of nitrogens with two attached hydrogens (primary N) is 1. The van der Waals surface area contributed by atoms with E-state index >= 15 is 0 Å². The van der Waals surface area contributed by atoms with E-state index in [0.29, 0.717) is 11.3 Å². The van der Waals surface area contributed by atoms with E-state index in [1.165, 1.54) is 34.5 Å². The summed E-state index contributed by atoms with van der Waals surface area (Å²) in [5.74, 6) is -0.414. The number of rotatable bonds is 3. The maximum Gasteiger partial charge on any atom is 0.302 e. The Morgan fingerprint density at radius 2 is 1.92 bits per heavy atom. The molecule has 1 amide bonds. The van der Waals surface area contributed by atoms with Crippen molar-refractivity contribution >= 4 is 33.8 Å². The molecule has 7 heteroatoms. The Morgan fingerprint density at radius 1 is 1.12 bits per heavy atom. The lowest BCUT2D eigenvalue weighted by atomic mass is 10.0. The van der Waals surface area contributed by atoms with Crippen molar-refractivity contribution < 1.29 is 4.79 Å². The molecule has 0 bridgehead atoms. The van der Waals surface area contributed by atoms with E-state index < -0.39 is 5.91 Å². The molecule has 0 spiro atoms. The van der Waals surface area contributed by atoms with Gasteiger partial charge in [0.2, 0.25) is 0 Å². The molecule has 2 aromatic carbocycles. The van der Waals surface area contributed by atoms with Crippen LogP contribution in [0.3, 0.4) is 0 Å². The number of hydrogen-bond donors (Lipinski definition) is 1. The molecule has 4 aromatic rings. The van der Waals surface area contributed by atoms with E-state index in [4.69, 9.17) is 5.73 Å². The van der Waals surface area contributed by atoms with Gasteiger partial charge in [-0.3, -0.25) is 4.79 Å². The van der Waals surface area contributed by atoms with Gasteiger partial charge in [0.15, 0.2) is 16.3 Å². The predicted octanol–water partition coefficient (Wildman–Crippen LogP) is 2.86. The molecule has 0 aliphatic carbocycles. The summed E-state index contributed by atoms with van der Waals surface area (Å²) in [7, 11) is 0. The summed E-state index contributed by atoms with van der Waals surface area (Å²) in [5.41, 5.74) is 6.95. The Bertz CT molecular complexity index is 1160. The molecule has 0 fully saturated rings. The van der Waals surface area contributed by atoms with Crippen LogP contribution in [-0.2, 0) is 6.54 Å². The van der Waals surface area contributed by atoms with Gasteiger partial charge in [0, 0.05) is 24.0 Å². The molecule has 4 rings (SSSR count). The topological polar surface area (TPSA) is 86.2 Å². The van der Waals surface area contributed by atoms with Gasteiger partial charge >= 0.3 is 5.91 Å². The molecule has 0 saturated carbocycles. The highest BCUT2D eigenvalue weighted by Crippen LogP contribution is 2.19. The van der Waals surface area contributed by atoms with Crippen LogP contribution in [0.5, 0.6) is 0 Å². The Morgan fingerprint density at radius 3 is 2.81 bits per heavy atom. The van der Waals surface area contributed by atoms with Gasteiger partial charge in [-0.2, -0.15) is 4.99 Å². The van der Waals surface area contributed by atoms with E-state index in [1.54, 1.807) is 0 Å². The molecule has 6 nitrogen and oxygen atoms in total. The Labute approximate surface area is 153 Å². The lowest BCUT2D eigenvalue weighted by Gasteiger charge is -2.07. The van der Waals surface area contributed by atoms with E-state index in [2.05, 4.69) is 39.2 Å². The van der Waals surface area contributed by atoms with E-state index in [-0.39, 0.29) is 11.5 Å². The highest BCUT2D eigenvalue weighted by molar-refractivity contribution is 7.07. The summed E-state index contributed by atoms with van der Waals surface area (Å²) in [5, 5.41) is 4.27. The molecule has 0 saturated heterocycles. The first-order valence-electron chi connectivity index (χ1n) is 7.98. The number of thiazole rings is 1. The molecule has 0 radical (unpaired) electrons. The number of amides is 1. The highest BCUT2D eigenvalue weighted by atomic mass is 32.1. The fourth-order valence-electron chi connectivity index (χ4n) is 2.77. The van der Waals surface area contributed by atoms with Crippen molar-refractivity contribution in [2.24, 2.45) is 4.99 Å². The predicted molar refractivity (Wildman–Crippen MR) is 102 cm³/mol. The van der Waals surface area contributed by atoms with E-state index in [0.717, 1.165) is 5.56 Å². The van der Waals surface area contributed by atoms with Gasteiger partial charge in [-0.15, -0.1) is 11.3 Å². The van der Waals surface area contributed by atoms with Gasteiger partial charge in [0.1, 0.15) is 0 Å². The zero-order valence-electron chi connectivity index (χ0n) is 13.7. The molecule has 0 aliphatic heterocycles. The molecule has 2 N–H and O–H groups in total. The largest absolute Gasteiger partial charge is 0.382 e. The number of nitrogens with zero attached hydrogens (tertiary/aromatic N) is 4. The number of anilines is 1. The Kier molecular flexibility index (Phi) is 4.28. The number of carbonyl (C=O) groups is 1. The minimum absolute atomic E-state index is 0.0672. The van der Waals surface area contributed by atoms with Gasteiger partial charge < -0.3 is 10.3 Å². The van der Waals surface area contributed by atoms with Gasteiger partial charge in [-0.05, 0) is 16.3 Å². The average Bonchev–Trinajstić information content (AvgIpc) is 3.09. The Balaban J connectivity index is 1.71. The monoisotopic (exact) mass is 361 g/mol. The van der Waals surface area contributed by atoms with Crippen LogP contribution < -0.4 is 10.5 Å². The third kappa shape index (κ3) is 3.12. The first-order chi connectivity index (χ1) is 12.7. The summed E-state index contributed by atoms with van der Waals surface area (Å²) in [4.78, 5) is 25.0. The second kappa shape index (κ2) is 6.89. The molecular formula is C19H15N5OS. The van der Waals surface area contributed by atoms with Gasteiger partial charge in [0.05, 0.1) is 6.54 Å². The van der Waals surface area contributed by atoms with Gasteiger partial charge in [0.25, 0.3) is 0 Å². The van der Waals surface area contributed by atoms with Crippen LogP contribution in [0.4, 0.5) is 5.82 Å². The highest BCUT2D eigenvalue weighted by Gasteiger charge is 2.11. The second-order valence-electron chi connectivity index (χ2n) is 5.66. The van der Waals surface area contributed by atoms with Crippen LogP contribution >= 0.6 is 11.3 Å². The lowest BCUT2D eigenvalue weighted by molar-refractivity contribution is 0.0993. The fourth-order valence-corrected chi connectivity index (χ4v) is 3.50. The van der Waals surface area contributed by atoms with E-state index in [1.807, 2.05) is 34.3 Å². The molecule has 2 heterocycles. The molecule has 0 atom stereocenters. The summed E-state index contributed by atoms with van der Waals surface area (Å²) >= 11 is 1.39. The molecule has 26 heavy (non-hydrogen) atoms. The molecule has 0 aliphatic rings. The summed E-state index contributed by atoms with van der Waals surface area (Å²) in [6.07, 6.45) is 4.79. The maximum atomic E-state index is 12.4. The van der Waals surface area contributed by atoms with Crippen molar-refractivity contribution in [3.63, 3.8) is 0 Å². The average molecular weight is 361 g/mol. The van der Waals surface area contributed by atoms with Crippen molar-refractivity contribution in [3.8, 4) is 0 Å². The van der Waals surface area contributed by atoms with E-state index in [9.17, 15) is 4.79 Å². The molecule has 0 unspecified atom stereocenters. The zero-order chi connectivity index (χ0) is 17.9. The number of fused-ring (bicyclic) bond motifs is 1. The van der Waals surface area contributed by atoms with Crippen LogP contribution in [0, 0.1) is 0 Å². The number of benzene rings is 2. The number of aromatic nitrogens is 3. The van der Waals surface area contributed by atoms with Crippen LogP contribution in [0.1, 0.15) is 16.1 Å². The maximum absolute atomic E-state index is 12.4. The van der Waals surface area contributed by atoms with Crippen molar-refractivity contribution in [3.05, 3.63) is 82.5 Å². The molecule has 2 aromatic heterocycles. The fraction of sp³-hybridized carbons (Fsp3) is 0.0526. The molecular weight excluding hydrogens is 346 g/mol. The lowest BCUT2D eigenvalue weighted by Crippen LogP contribution is -2.18.